The molecule has 0 spiro atoms. The van der Waals surface area contributed by atoms with Crippen LogP contribution in [0.1, 0.15) is 25.7 Å². The topological polar surface area (TPSA) is 104 Å². The minimum Gasteiger partial charge on any atom is -0.493 e. The number of urea groups is 1. The maximum Gasteiger partial charge on any atom is 0.319 e. The summed E-state index contributed by atoms with van der Waals surface area (Å²) < 4.78 is 21.5. The van der Waals surface area contributed by atoms with Gasteiger partial charge < -0.3 is 29.6 Å². The van der Waals surface area contributed by atoms with Crippen LogP contribution in [-0.4, -0.2) is 49.5 Å². The first-order chi connectivity index (χ1) is 14.1. The fraction of sp³-hybridized carbons (Fsp3) is 0.450. The Morgan fingerprint density at radius 3 is 2.45 bits per heavy atom. The molecule has 0 aliphatic heterocycles. The van der Waals surface area contributed by atoms with Crippen molar-refractivity contribution < 1.29 is 23.7 Å². The lowest BCUT2D eigenvalue weighted by Crippen LogP contribution is -2.41. The van der Waals surface area contributed by atoms with Crippen molar-refractivity contribution in [1.82, 2.24) is 15.3 Å². The minimum absolute atomic E-state index is 0.0380. The Balaban J connectivity index is 1.49. The summed E-state index contributed by atoms with van der Waals surface area (Å²) in [6.07, 6.45) is 6.38. The molecule has 156 valence electrons. The maximum atomic E-state index is 12.4. The largest absolute Gasteiger partial charge is 0.493 e. The normalized spacial score (nSPS) is 18.4. The zero-order valence-corrected chi connectivity index (χ0v) is 16.8. The number of benzene rings is 1. The lowest BCUT2D eigenvalue weighted by molar-refractivity contribution is 0.134. The molecule has 2 amide bonds. The van der Waals surface area contributed by atoms with Gasteiger partial charge in [0.25, 0.3) is 0 Å². The molecule has 9 nitrogen and oxygen atoms in total. The van der Waals surface area contributed by atoms with E-state index >= 15 is 0 Å². The first-order valence-corrected chi connectivity index (χ1v) is 9.44. The van der Waals surface area contributed by atoms with Crippen molar-refractivity contribution in [1.29, 1.82) is 0 Å². The number of anilines is 1. The van der Waals surface area contributed by atoms with E-state index in [0.29, 0.717) is 28.9 Å². The first-order valence-electron chi connectivity index (χ1n) is 9.44. The minimum atomic E-state index is -0.278. The highest BCUT2D eigenvalue weighted by Gasteiger charge is 2.24. The van der Waals surface area contributed by atoms with Gasteiger partial charge in [-0.2, -0.15) is 4.98 Å². The molecule has 3 rings (SSSR count). The number of rotatable bonds is 7. The molecule has 1 saturated carbocycles. The highest BCUT2D eigenvalue weighted by atomic mass is 16.5. The number of ether oxygens (including phenoxy) is 4. The summed E-state index contributed by atoms with van der Waals surface area (Å²) in [5.41, 5.74) is 0.554. The monoisotopic (exact) mass is 402 g/mol. The van der Waals surface area contributed by atoms with Crippen LogP contribution in [-0.2, 0) is 0 Å². The second-order valence-electron chi connectivity index (χ2n) is 6.63. The molecule has 2 aromatic rings. The number of para-hydroxylation sites is 1. The van der Waals surface area contributed by atoms with E-state index in [1.807, 2.05) is 0 Å². The van der Waals surface area contributed by atoms with Gasteiger partial charge >= 0.3 is 6.03 Å². The van der Waals surface area contributed by atoms with E-state index in [-0.39, 0.29) is 18.2 Å². The first kappa shape index (κ1) is 20.5. The van der Waals surface area contributed by atoms with Crippen LogP contribution < -0.4 is 29.6 Å². The number of nitrogens with one attached hydrogen (secondary N) is 2. The number of amides is 2. The third kappa shape index (κ3) is 5.40. The van der Waals surface area contributed by atoms with Crippen molar-refractivity contribution >= 4 is 11.7 Å². The zero-order valence-electron chi connectivity index (χ0n) is 16.8. The predicted molar refractivity (Wildman–Crippen MR) is 107 cm³/mol. The predicted octanol–water partition coefficient (Wildman–Crippen LogP) is 3.01. The highest BCUT2D eigenvalue weighted by Crippen LogP contribution is 2.34. The van der Waals surface area contributed by atoms with E-state index in [1.54, 1.807) is 31.5 Å². The second kappa shape index (κ2) is 9.81. The Bertz CT molecular complexity index is 824. The van der Waals surface area contributed by atoms with Gasteiger partial charge in [-0.1, -0.05) is 6.07 Å². The summed E-state index contributed by atoms with van der Waals surface area (Å²) >= 11 is 0. The molecular formula is C20H26N4O5. The Labute approximate surface area is 169 Å². The summed E-state index contributed by atoms with van der Waals surface area (Å²) in [5.74, 6) is 1.91. The van der Waals surface area contributed by atoms with Gasteiger partial charge in [0.1, 0.15) is 6.10 Å². The molecule has 1 fully saturated rings. The fourth-order valence-corrected chi connectivity index (χ4v) is 3.31. The van der Waals surface area contributed by atoms with Crippen LogP contribution >= 0.6 is 0 Å². The zero-order chi connectivity index (χ0) is 20.6. The quantitative estimate of drug-likeness (QED) is 0.734. The van der Waals surface area contributed by atoms with Gasteiger partial charge in [0, 0.05) is 6.04 Å². The van der Waals surface area contributed by atoms with Gasteiger partial charge in [-0.05, 0) is 37.8 Å². The van der Waals surface area contributed by atoms with Crippen molar-refractivity contribution in [2.75, 3.05) is 26.6 Å². The average Bonchev–Trinajstić information content (AvgIpc) is 2.75. The Morgan fingerprint density at radius 2 is 1.76 bits per heavy atom. The summed E-state index contributed by atoms with van der Waals surface area (Å²) in [4.78, 5) is 20.7. The van der Waals surface area contributed by atoms with E-state index < -0.39 is 0 Å². The molecule has 29 heavy (non-hydrogen) atoms. The number of nitrogens with zero attached hydrogens (tertiary/aromatic N) is 2. The van der Waals surface area contributed by atoms with E-state index in [2.05, 4.69) is 20.6 Å². The third-order valence-corrected chi connectivity index (χ3v) is 4.75. The van der Waals surface area contributed by atoms with Crippen LogP contribution in [0.15, 0.2) is 30.6 Å². The van der Waals surface area contributed by atoms with Crippen LogP contribution in [0, 0.1) is 0 Å². The third-order valence-electron chi connectivity index (χ3n) is 4.75. The summed E-state index contributed by atoms with van der Waals surface area (Å²) in [7, 11) is 4.63. The molecule has 9 heteroatoms. The number of hydrogen-bond acceptors (Lipinski definition) is 7. The van der Waals surface area contributed by atoms with Crippen LogP contribution in [0.5, 0.6) is 23.3 Å². The number of methoxy groups -OCH3 is 3. The lowest BCUT2D eigenvalue weighted by Gasteiger charge is -2.29. The van der Waals surface area contributed by atoms with Crippen molar-refractivity contribution in [3.63, 3.8) is 0 Å². The highest BCUT2D eigenvalue weighted by molar-refractivity contribution is 5.91. The van der Waals surface area contributed by atoms with Gasteiger partial charge in [-0.15, -0.1) is 0 Å². The van der Waals surface area contributed by atoms with E-state index in [1.165, 1.54) is 20.4 Å². The fourth-order valence-electron chi connectivity index (χ4n) is 3.31. The average molecular weight is 402 g/mol. The Hall–Kier alpha value is -3.23. The SMILES string of the molecule is COc1cncc(OC2CCC(NC(=O)Nc3cccc(OC)c3OC)CC2)n1. The lowest BCUT2D eigenvalue weighted by atomic mass is 9.93. The van der Waals surface area contributed by atoms with Crippen molar-refractivity contribution in [3.8, 4) is 23.3 Å². The molecule has 0 radical (unpaired) electrons. The molecule has 1 aliphatic rings. The standard InChI is InChI=1S/C20H26N4O5/c1-26-16-6-4-5-15(19(16)28-3)23-20(25)22-13-7-9-14(10-8-13)29-18-12-21-11-17(24-18)27-2/h4-6,11-14H,7-10H2,1-3H3,(H2,22,23,25). The smallest absolute Gasteiger partial charge is 0.319 e. The van der Waals surface area contributed by atoms with E-state index in [0.717, 1.165) is 25.7 Å². The summed E-state index contributed by atoms with van der Waals surface area (Å²) in [6.45, 7) is 0. The van der Waals surface area contributed by atoms with Gasteiger partial charge in [-0.3, -0.25) is 4.98 Å². The summed E-state index contributed by atoms with van der Waals surface area (Å²) in [5, 5.41) is 5.84. The van der Waals surface area contributed by atoms with Gasteiger partial charge in [0.2, 0.25) is 11.8 Å². The summed E-state index contributed by atoms with van der Waals surface area (Å²) in [6, 6.07) is 5.12. The van der Waals surface area contributed by atoms with Gasteiger partial charge in [0.15, 0.2) is 11.5 Å². The molecule has 1 aliphatic carbocycles. The molecule has 0 saturated heterocycles. The molecule has 1 aromatic heterocycles. The molecule has 1 aromatic carbocycles. The number of carbonyl (C=O) groups excluding carboxylic acids is 1. The number of aromatic nitrogens is 2. The van der Waals surface area contributed by atoms with Crippen molar-refractivity contribution in [2.24, 2.45) is 0 Å². The van der Waals surface area contributed by atoms with Crippen LogP contribution in [0.2, 0.25) is 0 Å². The van der Waals surface area contributed by atoms with Gasteiger partial charge in [0.05, 0.1) is 39.4 Å². The van der Waals surface area contributed by atoms with E-state index in [4.69, 9.17) is 18.9 Å². The molecule has 0 unspecified atom stereocenters. The molecule has 2 N–H and O–H groups in total. The van der Waals surface area contributed by atoms with Gasteiger partial charge in [-0.25, -0.2) is 4.79 Å². The molecule has 0 atom stereocenters. The number of hydrogen-bond donors (Lipinski definition) is 2. The number of carbonyl (C=O) groups is 1. The van der Waals surface area contributed by atoms with Crippen molar-refractivity contribution in [3.05, 3.63) is 30.6 Å². The van der Waals surface area contributed by atoms with Crippen LogP contribution in [0.25, 0.3) is 0 Å². The molecule has 0 bridgehead atoms. The van der Waals surface area contributed by atoms with Crippen LogP contribution in [0.3, 0.4) is 0 Å². The van der Waals surface area contributed by atoms with Crippen LogP contribution in [0.4, 0.5) is 10.5 Å². The Morgan fingerprint density at radius 1 is 1.00 bits per heavy atom. The van der Waals surface area contributed by atoms with Crippen molar-refractivity contribution in [2.45, 2.75) is 37.8 Å². The van der Waals surface area contributed by atoms with E-state index in [9.17, 15) is 4.79 Å². The molecule has 1 heterocycles. The maximum absolute atomic E-state index is 12.4. The molecular weight excluding hydrogens is 376 g/mol. The Kier molecular flexibility index (Phi) is 6.94. The second-order valence-corrected chi connectivity index (χ2v) is 6.63.